The summed E-state index contributed by atoms with van der Waals surface area (Å²) in [6.07, 6.45) is 6.58. The summed E-state index contributed by atoms with van der Waals surface area (Å²) in [6.45, 7) is 4.80. The van der Waals surface area contributed by atoms with Gasteiger partial charge in [0.05, 0.1) is 0 Å². The number of hydrogen-bond donors (Lipinski definition) is 1. The van der Waals surface area contributed by atoms with Gasteiger partial charge in [-0.05, 0) is 25.8 Å². The standard InChI is InChI=1S/C7H12N/c1-2-4-7-5-3-6-8-7/h2,4,7-8H,1,3,5-6H2. The van der Waals surface area contributed by atoms with Crippen molar-refractivity contribution in [3.8, 4) is 0 Å². The van der Waals surface area contributed by atoms with Crippen molar-refractivity contribution >= 4 is 0 Å². The SMILES string of the molecule is C=C[CH]C1CCCN1. The van der Waals surface area contributed by atoms with Gasteiger partial charge in [0.25, 0.3) is 0 Å². The molecule has 1 rings (SSSR count). The van der Waals surface area contributed by atoms with Crippen LogP contribution in [0.25, 0.3) is 0 Å². The molecule has 1 aliphatic heterocycles. The fraction of sp³-hybridized carbons (Fsp3) is 0.571. The van der Waals surface area contributed by atoms with E-state index in [2.05, 4.69) is 18.3 Å². The molecule has 1 aliphatic rings. The molecule has 1 fully saturated rings. The number of rotatable bonds is 2. The summed E-state index contributed by atoms with van der Waals surface area (Å²) in [5.74, 6) is 0. The van der Waals surface area contributed by atoms with E-state index in [0.29, 0.717) is 6.04 Å². The second-order valence-corrected chi connectivity index (χ2v) is 2.13. The fourth-order valence-electron chi connectivity index (χ4n) is 1.04. The molecule has 1 heteroatoms. The second kappa shape index (κ2) is 2.88. The minimum Gasteiger partial charge on any atom is -0.313 e. The third-order valence-corrected chi connectivity index (χ3v) is 1.47. The van der Waals surface area contributed by atoms with Crippen LogP contribution >= 0.6 is 0 Å². The highest BCUT2D eigenvalue weighted by atomic mass is 14.9. The van der Waals surface area contributed by atoms with Gasteiger partial charge in [-0.15, -0.1) is 6.58 Å². The molecule has 0 bridgehead atoms. The van der Waals surface area contributed by atoms with Gasteiger partial charge in [-0.3, -0.25) is 0 Å². The monoisotopic (exact) mass is 110 g/mol. The molecule has 1 N–H and O–H groups in total. The van der Waals surface area contributed by atoms with Crippen LogP contribution in [0.3, 0.4) is 0 Å². The van der Waals surface area contributed by atoms with Crippen LogP contribution in [0.2, 0.25) is 0 Å². The van der Waals surface area contributed by atoms with Gasteiger partial charge < -0.3 is 5.32 Å². The maximum absolute atomic E-state index is 3.63. The van der Waals surface area contributed by atoms with Gasteiger partial charge in [-0.2, -0.15) is 0 Å². The molecule has 1 heterocycles. The van der Waals surface area contributed by atoms with Gasteiger partial charge in [0, 0.05) is 6.04 Å². The Hall–Kier alpha value is -0.300. The Kier molecular flexibility index (Phi) is 2.10. The summed E-state index contributed by atoms with van der Waals surface area (Å²) in [4.78, 5) is 0. The summed E-state index contributed by atoms with van der Waals surface area (Å²) < 4.78 is 0. The molecule has 0 aromatic rings. The maximum Gasteiger partial charge on any atom is 0.0136 e. The Morgan fingerprint density at radius 1 is 1.62 bits per heavy atom. The topological polar surface area (TPSA) is 12.0 Å². The molecule has 1 atom stereocenters. The van der Waals surface area contributed by atoms with Gasteiger partial charge in [0.15, 0.2) is 0 Å². The van der Waals surface area contributed by atoms with Gasteiger partial charge in [-0.25, -0.2) is 0 Å². The summed E-state index contributed by atoms with van der Waals surface area (Å²) in [7, 11) is 0. The Bertz CT molecular complexity index is 72.5. The zero-order chi connectivity index (χ0) is 5.82. The first-order valence-corrected chi connectivity index (χ1v) is 3.13. The largest absolute Gasteiger partial charge is 0.313 e. The van der Waals surface area contributed by atoms with Gasteiger partial charge in [0.2, 0.25) is 0 Å². The normalized spacial score (nSPS) is 28.2. The first-order chi connectivity index (χ1) is 3.93. The maximum atomic E-state index is 3.63. The zero-order valence-corrected chi connectivity index (χ0v) is 5.06. The van der Waals surface area contributed by atoms with Gasteiger partial charge in [-0.1, -0.05) is 6.08 Å². The molecule has 8 heavy (non-hydrogen) atoms. The predicted molar refractivity (Wildman–Crippen MR) is 35.5 cm³/mol. The van der Waals surface area contributed by atoms with Crippen molar-refractivity contribution in [2.24, 2.45) is 0 Å². The molecule has 0 spiro atoms. The summed E-state index contributed by atoms with van der Waals surface area (Å²) in [5.41, 5.74) is 0. The molecule has 0 aromatic carbocycles. The van der Waals surface area contributed by atoms with E-state index in [0.717, 1.165) is 0 Å². The van der Waals surface area contributed by atoms with Crippen LogP contribution in [0.4, 0.5) is 0 Å². The number of hydrogen-bond acceptors (Lipinski definition) is 1. The summed E-state index contributed by atoms with van der Waals surface area (Å²) >= 11 is 0. The Morgan fingerprint density at radius 2 is 2.50 bits per heavy atom. The Labute approximate surface area is 50.8 Å². The predicted octanol–water partition coefficient (Wildman–Crippen LogP) is 1.13. The summed E-state index contributed by atoms with van der Waals surface area (Å²) in [6, 6.07) is 0.618. The quantitative estimate of drug-likeness (QED) is 0.562. The van der Waals surface area contributed by atoms with Crippen LogP contribution in [0.5, 0.6) is 0 Å². The Morgan fingerprint density at radius 3 is 3.00 bits per heavy atom. The Balaban J connectivity index is 2.14. The lowest BCUT2D eigenvalue weighted by Crippen LogP contribution is -2.20. The molecule has 0 aliphatic carbocycles. The van der Waals surface area contributed by atoms with Gasteiger partial charge in [0.1, 0.15) is 0 Å². The molecule has 1 radical (unpaired) electrons. The third-order valence-electron chi connectivity index (χ3n) is 1.47. The smallest absolute Gasteiger partial charge is 0.0136 e. The first kappa shape index (κ1) is 5.83. The molecular formula is C7H12N. The van der Waals surface area contributed by atoms with Crippen molar-refractivity contribution in [2.75, 3.05) is 6.54 Å². The number of nitrogens with one attached hydrogen (secondary N) is 1. The van der Waals surface area contributed by atoms with Crippen molar-refractivity contribution in [3.63, 3.8) is 0 Å². The highest BCUT2D eigenvalue weighted by molar-refractivity contribution is 4.98. The molecule has 0 amide bonds. The fourth-order valence-corrected chi connectivity index (χ4v) is 1.04. The highest BCUT2D eigenvalue weighted by Gasteiger charge is 2.10. The summed E-state index contributed by atoms with van der Waals surface area (Å²) in [5, 5.41) is 3.33. The molecule has 1 unspecified atom stereocenters. The van der Waals surface area contributed by atoms with Crippen LogP contribution in [-0.2, 0) is 0 Å². The van der Waals surface area contributed by atoms with Crippen LogP contribution < -0.4 is 5.32 Å². The van der Waals surface area contributed by atoms with E-state index in [-0.39, 0.29) is 0 Å². The molecule has 1 nitrogen and oxygen atoms in total. The molecule has 1 saturated heterocycles. The average Bonchev–Trinajstić information content (AvgIpc) is 2.19. The molecule has 0 saturated carbocycles. The zero-order valence-electron chi connectivity index (χ0n) is 5.06. The van der Waals surface area contributed by atoms with E-state index in [1.165, 1.54) is 19.4 Å². The van der Waals surface area contributed by atoms with Crippen molar-refractivity contribution < 1.29 is 0 Å². The van der Waals surface area contributed by atoms with E-state index in [9.17, 15) is 0 Å². The van der Waals surface area contributed by atoms with Crippen LogP contribution in [0.1, 0.15) is 12.8 Å². The van der Waals surface area contributed by atoms with E-state index in [4.69, 9.17) is 0 Å². The van der Waals surface area contributed by atoms with Crippen molar-refractivity contribution in [1.82, 2.24) is 5.32 Å². The molecule has 45 valence electrons. The van der Waals surface area contributed by atoms with E-state index >= 15 is 0 Å². The van der Waals surface area contributed by atoms with Crippen molar-refractivity contribution in [1.29, 1.82) is 0 Å². The van der Waals surface area contributed by atoms with E-state index < -0.39 is 0 Å². The van der Waals surface area contributed by atoms with Gasteiger partial charge >= 0.3 is 0 Å². The van der Waals surface area contributed by atoms with Crippen molar-refractivity contribution in [3.05, 3.63) is 19.1 Å². The van der Waals surface area contributed by atoms with Crippen LogP contribution in [-0.4, -0.2) is 12.6 Å². The molecule has 0 aromatic heterocycles. The lowest BCUT2D eigenvalue weighted by molar-refractivity contribution is 0.698. The van der Waals surface area contributed by atoms with E-state index in [1.807, 2.05) is 6.08 Å². The third kappa shape index (κ3) is 1.34. The molecular weight excluding hydrogens is 98.1 g/mol. The minimum atomic E-state index is 0.618. The second-order valence-electron chi connectivity index (χ2n) is 2.13. The highest BCUT2D eigenvalue weighted by Crippen LogP contribution is 2.06. The average molecular weight is 110 g/mol. The van der Waals surface area contributed by atoms with Crippen molar-refractivity contribution in [2.45, 2.75) is 18.9 Å². The first-order valence-electron chi connectivity index (χ1n) is 3.13. The lowest BCUT2D eigenvalue weighted by Gasteiger charge is -2.02. The minimum absolute atomic E-state index is 0.618. The lowest BCUT2D eigenvalue weighted by atomic mass is 10.2. The van der Waals surface area contributed by atoms with Crippen LogP contribution in [0, 0.1) is 6.42 Å². The van der Waals surface area contributed by atoms with E-state index in [1.54, 1.807) is 0 Å². The van der Waals surface area contributed by atoms with Crippen LogP contribution in [0.15, 0.2) is 12.7 Å².